The highest BCUT2D eigenvalue weighted by Gasteiger charge is 2.08. The summed E-state index contributed by atoms with van der Waals surface area (Å²) >= 11 is 3.74. The van der Waals surface area contributed by atoms with Crippen molar-refractivity contribution in [2.75, 3.05) is 11.1 Å². The number of benzene rings is 2. The molecule has 3 rings (SSSR count). The third-order valence-electron chi connectivity index (χ3n) is 3.12. The SMILES string of the molecule is O=C(CSc1ccnc2ccccc12)Nc1ccccc1I. The number of nitrogens with one attached hydrogen (secondary N) is 1. The van der Waals surface area contributed by atoms with Gasteiger partial charge in [0.05, 0.1) is 17.0 Å². The lowest BCUT2D eigenvalue weighted by Crippen LogP contribution is -2.14. The molecule has 0 aliphatic rings. The van der Waals surface area contributed by atoms with Gasteiger partial charge in [0.1, 0.15) is 0 Å². The minimum Gasteiger partial charge on any atom is -0.324 e. The highest BCUT2D eigenvalue weighted by Crippen LogP contribution is 2.26. The average Bonchev–Trinajstić information content (AvgIpc) is 2.55. The van der Waals surface area contributed by atoms with Gasteiger partial charge in [-0.15, -0.1) is 11.8 Å². The number of anilines is 1. The Hall–Kier alpha value is -1.60. The van der Waals surface area contributed by atoms with Crippen molar-refractivity contribution in [3.63, 3.8) is 0 Å². The van der Waals surface area contributed by atoms with Crippen LogP contribution in [0.15, 0.2) is 65.7 Å². The van der Waals surface area contributed by atoms with Gasteiger partial charge in [0.2, 0.25) is 5.91 Å². The summed E-state index contributed by atoms with van der Waals surface area (Å²) in [5, 5.41) is 4.03. The van der Waals surface area contributed by atoms with Crippen LogP contribution in [-0.2, 0) is 4.79 Å². The zero-order valence-electron chi connectivity index (χ0n) is 11.6. The number of carbonyl (C=O) groups is 1. The van der Waals surface area contributed by atoms with E-state index in [1.54, 1.807) is 6.20 Å². The third-order valence-corrected chi connectivity index (χ3v) is 5.13. The Balaban J connectivity index is 1.69. The van der Waals surface area contributed by atoms with E-state index in [0.29, 0.717) is 5.75 Å². The van der Waals surface area contributed by atoms with Crippen molar-refractivity contribution in [1.82, 2.24) is 4.98 Å². The van der Waals surface area contributed by atoms with Crippen LogP contribution in [-0.4, -0.2) is 16.6 Å². The summed E-state index contributed by atoms with van der Waals surface area (Å²) < 4.78 is 1.04. The van der Waals surface area contributed by atoms with Gasteiger partial charge in [0, 0.05) is 20.0 Å². The topological polar surface area (TPSA) is 42.0 Å². The van der Waals surface area contributed by atoms with Crippen LogP contribution in [0.25, 0.3) is 10.9 Å². The summed E-state index contributed by atoms with van der Waals surface area (Å²) in [5.74, 6) is 0.369. The van der Waals surface area contributed by atoms with E-state index in [2.05, 4.69) is 32.9 Å². The Labute approximate surface area is 146 Å². The van der Waals surface area contributed by atoms with Gasteiger partial charge in [0.15, 0.2) is 0 Å². The first-order chi connectivity index (χ1) is 10.7. The standard InChI is InChI=1S/C17H13IN2OS/c18-13-6-2-4-8-15(13)20-17(21)11-22-16-9-10-19-14-7-3-1-5-12(14)16/h1-10H,11H2,(H,20,21). The smallest absolute Gasteiger partial charge is 0.234 e. The minimum absolute atomic E-state index is 0.00462. The van der Waals surface area contributed by atoms with Crippen LogP contribution in [0.3, 0.4) is 0 Å². The Morgan fingerprint density at radius 1 is 1.09 bits per heavy atom. The van der Waals surface area contributed by atoms with Crippen molar-refractivity contribution in [1.29, 1.82) is 0 Å². The highest BCUT2D eigenvalue weighted by atomic mass is 127. The second-order valence-electron chi connectivity index (χ2n) is 4.64. The van der Waals surface area contributed by atoms with Crippen molar-refractivity contribution < 1.29 is 4.79 Å². The number of nitrogens with zero attached hydrogens (tertiary/aromatic N) is 1. The molecule has 3 nitrogen and oxygen atoms in total. The highest BCUT2D eigenvalue weighted by molar-refractivity contribution is 14.1. The molecule has 2 aromatic carbocycles. The second kappa shape index (κ2) is 7.11. The van der Waals surface area contributed by atoms with E-state index in [9.17, 15) is 4.79 Å². The maximum Gasteiger partial charge on any atom is 0.234 e. The molecule has 1 heterocycles. The van der Waals surface area contributed by atoms with E-state index in [-0.39, 0.29) is 5.91 Å². The van der Waals surface area contributed by atoms with Crippen molar-refractivity contribution in [3.05, 3.63) is 64.4 Å². The van der Waals surface area contributed by atoms with Crippen LogP contribution in [0.1, 0.15) is 0 Å². The fraction of sp³-hybridized carbons (Fsp3) is 0.0588. The van der Waals surface area contributed by atoms with Crippen LogP contribution in [0.5, 0.6) is 0 Å². The van der Waals surface area contributed by atoms with E-state index in [1.807, 2.05) is 54.6 Å². The zero-order valence-corrected chi connectivity index (χ0v) is 14.6. The summed E-state index contributed by atoms with van der Waals surface area (Å²) in [6, 6.07) is 17.7. The van der Waals surface area contributed by atoms with E-state index in [0.717, 1.165) is 25.1 Å². The van der Waals surface area contributed by atoms with Gasteiger partial charge in [-0.25, -0.2) is 0 Å². The zero-order chi connectivity index (χ0) is 15.4. The lowest BCUT2D eigenvalue weighted by atomic mass is 10.2. The lowest BCUT2D eigenvalue weighted by molar-refractivity contribution is -0.113. The number of pyridine rings is 1. The number of hydrogen-bond donors (Lipinski definition) is 1. The Kier molecular flexibility index (Phi) is 4.94. The maximum absolute atomic E-state index is 12.1. The van der Waals surface area contributed by atoms with Gasteiger partial charge in [-0.05, 0) is 46.9 Å². The number of halogens is 1. The molecule has 22 heavy (non-hydrogen) atoms. The quantitative estimate of drug-likeness (QED) is 0.497. The molecular formula is C17H13IN2OS. The van der Waals surface area contributed by atoms with Gasteiger partial charge in [-0.1, -0.05) is 30.3 Å². The Bertz CT molecular complexity index is 817. The number of para-hydroxylation sites is 2. The largest absolute Gasteiger partial charge is 0.324 e. The first-order valence-electron chi connectivity index (χ1n) is 6.75. The minimum atomic E-state index is -0.00462. The normalized spacial score (nSPS) is 10.6. The molecule has 0 atom stereocenters. The molecule has 0 fully saturated rings. The number of rotatable bonds is 4. The fourth-order valence-electron chi connectivity index (χ4n) is 2.09. The van der Waals surface area contributed by atoms with E-state index < -0.39 is 0 Å². The van der Waals surface area contributed by atoms with Crippen LogP contribution in [0, 0.1) is 3.57 Å². The summed E-state index contributed by atoms with van der Waals surface area (Å²) in [4.78, 5) is 17.5. The van der Waals surface area contributed by atoms with Crippen molar-refractivity contribution in [2.24, 2.45) is 0 Å². The molecule has 110 valence electrons. The Morgan fingerprint density at radius 3 is 2.73 bits per heavy atom. The molecule has 0 saturated heterocycles. The van der Waals surface area contributed by atoms with Crippen LogP contribution in [0.4, 0.5) is 5.69 Å². The van der Waals surface area contributed by atoms with Gasteiger partial charge >= 0.3 is 0 Å². The van der Waals surface area contributed by atoms with Crippen LogP contribution in [0.2, 0.25) is 0 Å². The molecule has 0 aliphatic heterocycles. The molecule has 3 aromatic rings. The first-order valence-corrected chi connectivity index (χ1v) is 8.81. The first kappa shape index (κ1) is 15.3. The second-order valence-corrected chi connectivity index (χ2v) is 6.82. The number of thioether (sulfide) groups is 1. The van der Waals surface area contributed by atoms with Crippen LogP contribution >= 0.6 is 34.4 Å². The van der Waals surface area contributed by atoms with E-state index in [1.165, 1.54) is 11.8 Å². The van der Waals surface area contributed by atoms with Gasteiger partial charge < -0.3 is 5.32 Å². The molecule has 0 spiro atoms. The summed E-state index contributed by atoms with van der Waals surface area (Å²) in [7, 11) is 0. The molecule has 1 aromatic heterocycles. The fourth-order valence-corrected chi connectivity index (χ4v) is 3.45. The van der Waals surface area contributed by atoms with E-state index >= 15 is 0 Å². The molecule has 5 heteroatoms. The number of aromatic nitrogens is 1. The summed E-state index contributed by atoms with van der Waals surface area (Å²) in [6.45, 7) is 0. The van der Waals surface area contributed by atoms with Gasteiger partial charge in [-0.2, -0.15) is 0 Å². The number of hydrogen-bond acceptors (Lipinski definition) is 3. The number of fused-ring (bicyclic) bond motifs is 1. The molecule has 0 radical (unpaired) electrons. The molecule has 0 bridgehead atoms. The van der Waals surface area contributed by atoms with E-state index in [4.69, 9.17) is 0 Å². The van der Waals surface area contributed by atoms with Gasteiger partial charge in [-0.3, -0.25) is 9.78 Å². The number of amides is 1. The van der Waals surface area contributed by atoms with Crippen molar-refractivity contribution >= 4 is 56.9 Å². The summed E-state index contributed by atoms with van der Waals surface area (Å²) in [5.41, 5.74) is 1.80. The predicted molar refractivity (Wildman–Crippen MR) is 100 cm³/mol. The predicted octanol–water partition coefficient (Wildman–Crippen LogP) is 4.57. The lowest BCUT2D eigenvalue weighted by Gasteiger charge is -2.08. The molecular weight excluding hydrogens is 407 g/mol. The molecule has 0 saturated carbocycles. The molecule has 0 aliphatic carbocycles. The third kappa shape index (κ3) is 3.59. The molecule has 1 amide bonds. The summed E-state index contributed by atoms with van der Waals surface area (Å²) in [6.07, 6.45) is 1.78. The van der Waals surface area contributed by atoms with Gasteiger partial charge in [0.25, 0.3) is 0 Å². The van der Waals surface area contributed by atoms with Crippen molar-refractivity contribution in [3.8, 4) is 0 Å². The maximum atomic E-state index is 12.1. The number of carbonyl (C=O) groups excluding carboxylic acids is 1. The average molecular weight is 420 g/mol. The van der Waals surface area contributed by atoms with Crippen LogP contribution < -0.4 is 5.32 Å². The molecule has 0 unspecified atom stereocenters. The monoisotopic (exact) mass is 420 g/mol. The Morgan fingerprint density at radius 2 is 1.86 bits per heavy atom. The van der Waals surface area contributed by atoms with Crippen molar-refractivity contribution in [2.45, 2.75) is 4.90 Å². The molecule has 1 N–H and O–H groups in total.